The van der Waals surface area contributed by atoms with E-state index in [1.807, 2.05) is 0 Å². The third kappa shape index (κ3) is 3.53. The first-order chi connectivity index (χ1) is 6.45. The summed E-state index contributed by atoms with van der Waals surface area (Å²) in [4.78, 5) is 0. The molecule has 5 atom stereocenters. The van der Waals surface area contributed by atoms with Gasteiger partial charge in [-0.05, 0) is 0 Å². The maximum Gasteiger partial charge on any atom is 0.131 e. The van der Waals surface area contributed by atoms with Crippen LogP contribution in [0.25, 0.3) is 0 Å². The van der Waals surface area contributed by atoms with E-state index >= 15 is 0 Å². The maximum atomic E-state index is 9.13. The van der Waals surface area contributed by atoms with Gasteiger partial charge in [0.05, 0.1) is 6.61 Å². The molecule has 0 aromatic rings. The monoisotopic (exact) mass is 198 g/mol. The highest BCUT2D eigenvalue weighted by molar-refractivity contribution is 4.82. The van der Waals surface area contributed by atoms with Gasteiger partial charge >= 0.3 is 0 Å². The van der Waals surface area contributed by atoms with Gasteiger partial charge < -0.3 is 36.4 Å². The summed E-state index contributed by atoms with van der Waals surface area (Å²) in [5.41, 5.74) is 1.50. The van der Waals surface area contributed by atoms with E-state index in [1.165, 1.54) is 5.73 Å². The normalized spacial score (nSPS) is 24.3. The van der Waals surface area contributed by atoms with Crippen LogP contribution in [0, 0.1) is 0 Å². The Morgan fingerprint density at radius 2 is 1.54 bits per heavy atom. The SMILES string of the molecule is [2H]NC(O)[C@H](O)[C@@H](O)[C@H](O)[C@H](O)CO. The highest BCUT2D eigenvalue weighted by atomic mass is 16.4. The quantitative estimate of drug-likeness (QED) is 0.213. The van der Waals surface area contributed by atoms with Gasteiger partial charge in [-0.25, -0.2) is 0 Å². The Morgan fingerprint density at radius 3 is 1.92 bits per heavy atom. The van der Waals surface area contributed by atoms with E-state index in [4.69, 9.17) is 32.1 Å². The predicted molar refractivity (Wildman–Crippen MR) is 41.3 cm³/mol. The molecule has 0 radical (unpaired) electrons. The standard InChI is InChI=1S/C6H15NO6/c7-6(13)5(12)4(11)3(10)2(9)1-8/h2-6,8-13H,1,7H2/t2-,3-,4+,5-,6?/m1/s1/i/hD. The van der Waals surface area contributed by atoms with Gasteiger partial charge in [0.2, 0.25) is 0 Å². The molecule has 0 spiro atoms. The third-order valence-corrected chi connectivity index (χ3v) is 1.60. The first-order valence-electron chi connectivity index (χ1n) is 4.14. The van der Waals surface area contributed by atoms with Gasteiger partial charge in [-0.15, -0.1) is 0 Å². The molecule has 7 heteroatoms. The first kappa shape index (κ1) is 10.8. The highest BCUT2D eigenvalue weighted by Crippen LogP contribution is 2.05. The van der Waals surface area contributed by atoms with Crippen molar-refractivity contribution < 1.29 is 32.1 Å². The number of aliphatic hydroxyl groups is 6. The van der Waals surface area contributed by atoms with Gasteiger partial charge in [0.1, 0.15) is 32.1 Å². The summed E-state index contributed by atoms with van der Waals surface area (Å²) in [6.07, 6.45) is -8.91. The molecule has 0 aliphatic rings. The molecular formula is C6H15NO6. The van der Waals surface area contributed by atoms with E-state index in [-0.39, 0.29) is 0 Å². The molecule has 0 aliphatic carbocycles. The average molecular weight is 198 g/mol. The Morgan fingerprint density at radius 1 is 1.00 bits per heavy atom. The van der Waals surface area contributed by atoms with Gasteiger partial charge in [-0.3, -0.25) is 0 Å². The van der Waals surface area contributed by atoms with Crippen molar-refractivity contribution in [3.63, 3.8) is 0 Å². The van der Waals surface area contributed by atoms with Crippen molar-refractivity contribution in [2.75, 3.05) is 6.61 Å². The molecule has 7 nitrogen and oxygen atoms in total. The van der Waals surface area contributed by atoms with Crippen molar-refractivity contribution in [2.45, 2.75) is 30.6 Å². The molecule has 0 amide bonds. The minimum Gasteiger partial charge on any atom is -0.394 e. The van der Waals surface area contributed by atoms with Crippen molar-refractivity contribution in [1.29, 1.82) is 0 Å². The molecule has 1 unspecified atom stereocenters. The molecule has 0 aromatic carbocycles. The van der Waals surface area contributed by atoms with E-state index in [0.29, 0.717) is 0 Å². The lowest BCUT2D eigenvalue weighted by molar-refractivity contribution is -0.139. The summed E-state index contributed by atoms with van der Waals surface area (Å²) in [6.45, 7) is -0.796. The van der Waals surface area contributed by atoms with Crippen LogP contribution in [0.15, 0.2) is 0 Å². The van der Waals surface area contributed by atoms with Crippen LogP contribution in [0.1, 0.15) is 0 Å². The number of hydrogen-bond acceptors (Lipinski definition) is 7. The Kier molecular flexibility index (Phi) is 4.53. The van der Waals surface area contributed by atoms with Crippen LogP contribution in [0.4, 0.5) is 0 Å². The smallest absolute Gasteiger partial charge is 0.131 e. The summed E-state index contributed by atoms with van der Waals surface area (Å²) in [5, 5.41) is 53.4. The molecule has 0 bridgehead atoms. The average Bonchev–Trinajstić information content (AvgIpc) is 2.23. The third-order valence-electron chi connectivity index (χ3n) is 1.60. The Bertz CT molecular complexity index is 145. The van der Waals surface area contributed by atoms with Gasteiger partial charge in [0.15, 0.2) is 0 Å². The van der Waals surface area contributed by atoms with E-state index in [1.54, 1.807) is 0 Å². The summed E-state index contributed by atoms with van der Waals surface area (Å²) in [7, 11) is 0. The molecule has 0 fully saturated rings. The highest BCUT2D eigenvalue weighted by Gasteiger charge is 2.32. The number of rotatable bonds is 6. The minimum atomic E-state index is -1.87. The fourth-order valence-electron chi connectivity index (χ4n) is 0.724. The van der Waals surface area contributed by atoms with Gasteiger partial charge in [-0.1, -0.05) is 0 Å². The van der Waals surface area contributed by atoms with E-state index < -0.39 is 37.3 Å². The second-order valence-corrected chi connectivity index (χ2v) is 2.67. The zero-order chi connectivity index (χ0) is 11.3. The lowest BCUT2D eigenvalue weighted by Crippen LogP contribution is -2.52. The molecule has 0 heterocycles. The van der Waals surface area contributed by atoms with E-state index in [2.05, 4.69) is 0 Å². The van der Waals surface area contributed by atoms with E-state index in [0.717, 1.165) is 0 Å². The van der Waals surface area contributed by atoms with Crippen molar-refractivity contribution in [3.05, 3.63) is 0 Å². The molecule has 0 saturated carbocycles. The lowest BCUT2D eigenvalue weighted by Gasteiger charge is -2.26. The fraction of sp³-hybridized carbons (Fsp3) is 1.00. The van der Waals surface area contributed by atoms with E-state index in [9.17, 15) is 0 Å². The molecule has 0 rings (SSSR count). The number of hydrogen-bond donors (Lipinski definition) is 7. The second kappa shape index (κ2) is 5.45. The minimum absolute atomic E-state index is 0.796. The second-order valence-electron chi connectivity index (χ2n) is 2.67. The van der Waals surface area contributed by atoms with Crippen LogP contribution in [0.5, 0.6) is 0 Å². The molecule has 0 saturated heterocycles. The summed E-state index contributed by atoms with van der Waals surface area (Å²) >= 11 is 0. The fourth-order valence-corrected chi connectivity index (χ4v) is 0.724. The van der Waals surface area contributed by atoms with Gasteiger partial charge in [0, 0.05) is 0 Å². The van der Waals surface area contributed by atoms with Crippen LogP contribution in [0.2, 0.25) is 1.41 Å². The first-order valence-corrected chi connectivity index (χ1v) is 3.64. The van der Waals surface area contributed by atoms with Crippen LogP contribution in [-0.2, 0) is 0 Å². The number of aliphatic hydroxyl groups excluding tert-OH is 6. The largest absolute Gasteiger partial charge is 0.394 e. The Balaban J connectivity index is 4.22. The summed E-state index contributed by atoms with van der Waals surface area (Å²) in [6, 6.07) is 0. The van der Waals surface area contributed by atoms with Crippen molar-refractivity contribution in [1.82, 2.24) is 0 Å². The number of nitrogens with two attached hydrogens (primary N) is 1. The summed E-state index contributed by atoms with van der Waals surface area (Å²) < 4.78 is 6.46. The zero-order valence-electron chi connectivity index (χ0n) is 7.78. The maximum absolute atomic E-state index is 9.13. The Labute approximate surface area is 76.1 Å². The van der Waals surface area contributed by atoms with Crippen LogP contribution in [0.3, 0.4) is 0 Å². The summed E-state index contributed by atoms with van der Waals surface area (Å²) in [5.74, 6) is 0. The van der Waals surface area contributed by atoms with Crippen LogP contribution < -0.4 is 5.73 Å². The van der Waals surface area contributed by atoms with Gasteiger partial charge in [-0.2, -0.15) is 0 Å². The van der Waals surface area contributed by atoms with Crippen molar-refractivity contribution in [2.24, 2.45) is 5.73 Å². The molecule has 80 valence electrons. The predicted octanol–water partition coefficient (Wildman–Crippen LogP) is -4.30. The topological polar surface area (TPSA) is 147 Å². The molecular weight excluding hydrogens is 182 g/mol. The molecule has 0 aliphatic heterocycles. The molecule has 13 heavy (non-hydrogen) atoms. The lowest BCUT2D eigenvalue weighted by atomic mass is 10.0. The molecule has 8 N–H and O–H groups in total. The molecule has 0 aromatic heterocycles. The van der Waals surface area contributed by atoms with Crippen molar-refractivity contribution in [3.8, 4) is 0 Å². The van der Waals surface area contributed by atoms with Crippen LogP contribution >= 0.6 is 0 Å². The van der Waals surface area contributed by atoms with Crippen molar-refractivity contribution >= 4 is 0 Å². The van der Waals surface area contributed by atoms with Gasteiger partial charge in [0.25, 0.3) is 0 Å². The zero-order valence-corrected chi connectivity index (χ0v) is 6.78. The van der Waals surface area contributed by atoms with Crippen LogP contribution in [-0.4, -0.2) is 67.9 Å². The Hall–Kier alpha value is -0.280.